The van der Waals surface area contributed by atoms with Crippen LogP contribution in [0.4, 0.5) is 0 Å². The Morgan fingerprint density at radius 3 is 2.74 bits per heavy atom. The maximum Gasteiger partial charge on any atom is 0.341 e. The van der Waals surface area contributed by atoms with E-state index in [0.29, 0.717) is 11.3 Å². The molecular formula is C13H13N3O3. The van der Waals surface area contributed by atoms with Crippen molar-refractivity contribution in [1.29, 1.82) is 0 Å². The van der Waals surface area contributed by atoms with Crippen LogP contribution >= 0.6 is 0 Å². The first-order chi connectivity index (χ1) is 9.04. The van der Waals surface area contributed by atoms with Crippen molar-refractivity contribution in [1.82, 2.24) is 15.2 Å². The molecule has 0 saturated heterocycles. The van der Waals surface area contributed by atoms with Gasteiger partial charge in [-0.15, -0.1) is 5.10 Å². The lowest BCUT2D eigenvalue weighted by atomic mass is 10.1. The average molecular weight is 259 g/mol. The molecule has 0 radical (unpaired) electrons. The molecule has 0 amide bonds. The summed E-state index contributed by atoms with van der Waals surface area (Å²) in [6.07, 6.45) is -0.0523. The first kappa shape index (κ1) is 12.9. The molecule has 0 aliphatic rings. The van der Waals surface area contributed by atoms with Crippen molar-refractivity contribution < 1.29 is 14.6 Å². The number of aromatic nitrogens is 3. The predicted octanol–water partition coefficient (Wildman–Crippen LogP) is 1.91. The van der Waals surface area contributed by atoms with E-state index in [1.165, 1.54) is 0 Å². The quantitative estimate of drug-likeness (QED) is 0.902. The summed E-state index contributed by atoms with van der Waals surface area (Å²) in [7, 11) is 0. The Bertz CT molecular complexity index is 614. The minimum absolute atomic E-state index is 0.0523. The van der Waals surface area contributed by atoms with Crippen LogP contribution in [0.1, 0.15) is 17.0 Å². The van der Waals surface area contributed by atoms with E-state index in [0.717, 1.165) is 11.4 Å². The van der Waals surface area contributed by atoms with Gasteiger partial charge in [-0.25, -0.2) is 0 Å². The van der Waals surface area contributed by atoms with Gasteiger partial charge in [0.1, 0.15) is 5.75 Å². The molecule has 0 aliphatic carbocycles. The molecule has 6 heteroatoms. The average Bonchev–Trinajstić information content (AvgIpc) is 2.33. The zero-order valence-electron chi connectivity index (χ0n) is 10.6. The second-order valence-corrected chi connectivity index (χ2v) is 4.09. The van der Waals surface area contributed by atoms with E-state index in [1.54, 1.807) is 24.3 Å². The molecule has 2 aromatic rings. The Morgan fingerprint density at radius 2 is 2.05 bits per heavy atom. The summed E-state index contributed by atoms with van der Waals surface area (Å²) in [5, 5.41) is 16.5. The van der Waals surface area contributed by atoms with Crippen LogP contribution in [0.3, 0.4) is 0 Å². The van der Waals surface area contributed by atoms with E-state index in [4.69, 9.17) is 9.84 Å². The Kier molecular flexibility index (Phi) is 3.70. The maximum absolute atomic E-state index is 10.6. The van der Waals surface area contributed by atoms with E-state index in [-0.39, 0.29) is 12.4 Å². The largest absolute Gasteiger partial charge is 0.481 e. The maximum atomic E-state index is 10.6. The van der Waals surface area contributed by atoms with Crippen LogP contribution in [-0.4, -0.2) is 26.3 Å². The summed E-state index contributed by atoms with van der Waals surface area (Å²) in [6.45, 7) is 3.63. The first-order valence-electron chi connectivity index (χ1n) is 5.71. The number of carboxylic acid groups (broad SMARTS) is 1. The molecule has 1 aromatic heterocycles. The van der Waals surface area contributed by atoms with Crippen molar-refractivity contribution in [2.75, 3.05) is 0 Å². The molecular weight excluding hydrogens is 246 g/mol. The highest BCUT2D eigenvalue weighted by molar-refractivity contribution is 5.70. The summed E-state index contributed by atoms with van der Waals surface area (Å²) in [5.41, 5.74) is 2.14. The molecule has 19 heavy (non-hydrogen) atoms. The number of nitrogens with zero attached hydrogens (tertiary/aromatic N) is 3. The highest BCUT2D eigenvalue weighted by Gasteiger charge is 2.06. The Hall–Kier alpha value is -2.50. The normalized spacial score (nSPS) is 10.2. The summed E-state index contributed by atoms with van der Waals surface area (Å²) < 4.78 is 5.46. The number of hydrogen-bond acceptors (Lipinski definition) is 5. The Balaban J connectivity index is 2.18. The lowest BCUT2D eigenvalue weighted by Gasteiger charge is -2.05. The third kappa shape index (κ3) is 3.48. The van der Waals surface area contributed by atoms with Crippen LogP contribution < -0.4 is 4.74 Å². The van der Waals surface area contributed by atoms with Crippen LogP contribution in [0.5, 0.6) is 11.8 Å². The van der Waals surface area contributed by atoms with Crippen LogP contribution in [0, 0.1) is 13.8 Å². The summed E-state index contributed by atoms with van der Waals surface area (Å²) >= 11 is 0. The van der Waals surface area contributed by atoms with E-state index in [9.17, 15) is 4.79 Å². The second kappa shape index (κ2) is 5.43. The van der Waals surface area contributed by atoms with Gasteiger partial charge >= 0.3 is 12.0 Å². The van der Waals surface area contributed by atoms with Gasteiger partial charge in [0.05, 0.1) is 17.8 Å². The van der Waals surface area contributed by atoms with Gasteiger partial charge in [-0.3, -0.25) is 4.79 Å². The zero-order chi connectivity index (χ0) is 13.8. The minimum atomic E-state index is -0.888. The SMILES string of the molecule is Cc1nnc(Oc2cccc(CC(=O)O)c2)nc1C. The van der Waals surface area contributed by atoms with E-state index >= 15 is 0 Å². The van der Waals surface area contributed by atoms with E-state index in [1.807, 2.05) is 13.8 Å². The number of aryl methyl sites for hydroxylation is 2. The number of ether oxygens (including phenoxy) is 1. The smallest absolute Gasteiger partial charge is 0.341 e. The molecule has 0 atom stereocenters. The molecule has 6 nitrogen and oxygen atoms in total. The van der Waals surface area contributed by atoms with Crippen molar-refractivity contribution in [3.05, 3.63) is 41.2 Å². The van der Waals surface area contributed by atoms with E-state index < -0.39 is 5.97 Å². The molecule has 1 heterocycles. The number of benzene rings is 1. The van der Waals surface area contributed by atoms with Gasteiger partial charge in [-0.2, -0.15) is 4.98 Å². The molecule has 0 unspecified atom stereocenters. The fraction of sp³-hybridized carbons (Fsp3) is 0.231. The molecule has 0 aliphatic heterocycles. The molecule has 0 fully saturated rings. The van der Waals surface area contributed by atoms with Crippen LogP contribution in [0.15, 0.2) is 24.3 Å². The van der Waals surface area contributed by atoms with Crippen molar-refractivity contribution >= 4 is 5.97 Å². The highest BCUT2D eigenvalue weighted by Crippen LogP contribution is 2.19. The minimum Gasteiger partial charge on any atom is -0.481 e. The number of rotatable bonds is 4. The highest BCUT2D eigenvalue weighted by atomic mass is 16.5. The van der Waals surface area contributed by atoms with Crippen molar-refractivity contribution in [3.63, 3.8) is 0 Å². The molecule has 1 aromatic carbocycles. The van der Waals surface area contributed by atoms with Gasteiger partial charge in [0.2, 0.25) is 0 Å². The third-order valence-corrected chi connectivity index (χ3v) is 2.54. The van der Waals surface area contributed by atoms with Crippen molar-refractivity contribution in [2.24, 2.45) is 0 Å². The summed E-state index contributed by atoms with van der Waals surface area (Å²) in [4.78, 5) is 14.8. The number of aliphatic carboxylic acids is 1. The van der Waals surface area contributed by atoms with Crippen LogP contribution in [-0.2, 0) is 11.2 Å². The van der Waals surface area contributed by atoms with Gasteiger partial charge in [-0.1, -0.05) is 17.2 Å². The number of carboxylic acids is 1. The molecule has 98 valence electrons. The van der Waals surface area contributed by atoms with Gasteiger partial charge in [-0.05, 0) is 31.5 Å². The van der Waals surface area contributed by atoms with Gasteiger partial charge < -0.3 is 9.84 Å². The zero-order valence-corrected chi connectivity index (χ0v) is 10.6. The van der Waals surface area contributed by atoms with Gasteiger partial charge in [0.15, 0.2) is 0 Å². The Labute approximate surface area is 110 Å². The Morgan fingerprint density at radius 1 is 1.26 bits per heavy atom. The third-order valence-electron chi connectivity index (χ3n) is 2.54. The monoisotopic (exact) mass is 259 g/mol. The first-order valence-corrected chi connectivity index (χ1v) is 5.71. The van der Waals surface area contributed by atoms with E-state index in [2.05, 4.69) is 15.2 Å². The topological polar surface area (TPSA) is 85.2 Å². The summed E-state index contributed by atoms with van der Waals surface area (Å²) in [6, 6.07) is 6.95. The second-order valence-electron chi connectivity index (χ2n) is 4.09. The number of carbonyl (C=O) groups is 1. The molecule has 0 bridgehead atoms. The van der Waals surface area contributed by atoms with Gasteiger partial charge in [0.25, 0.3) is 0 Å². The predicted molar refractivity (Wildman–Crippen MR) is 67.2 cm³/mol. The fourth-order valence-corrected chi connectivity index (χ4v) is 1.48. The standard InChI is InChI=1S/C13H13N3O3/c1-8-9(2)15-16-13(14-8)19-11-5-3-4-10(6-11)7-12(17)18/h3-6H,7H2,1-2H3,(H,17,18). The van der Waals surface area contributed by atoms with Gasteiger partial charge in [0, 0.05) is 0 Å². The molecule has 2 rings (SSSR count). The molecule has 0 spiro atoms. The lowest BCUT2D eigenvalue weighted by Crippen LogP contribution is -2.01. The number of hydrogen-bond donors (Lipinski definition) is 1. The molecule has 1 N–H and O–H groups in total. The molecule has 0 saturated carbocycles. The summed E-state index contributed by atoms with van der Waals surface area (Å²) in [5.74, 6) is -0.398. The lowest BCUT2D eigenvalue weighted by molar-refractivity contribution is -0.136. The fourth-order valence-electron chi connectivity index (χ4n) is 1.48. The van der Waals surface area contributed by atoms with Crippen LogP contribution in [0.25, 0.3) is 0 Å². The van der Waals surface area contributed by atoms with Crippen molar-refractivity contribution in [2.45, 2.75) is 20.3 Å². The van der Waals surface area contributed by atoms with Crippen molar-refractivity contribution in [3.8, 4) is 11.8 Å². The van der Waals surface area contributed by atoms with Crippen LogP contribution in [0.2, 0.25) is 0 Å².